The summed E-state index contributed by atoms with van der Waals surface area (Å²) < 4.78 is 1.91. The zero-order valence-corrected chi connectivity index (χ0v) is 21.7. The molecule has 0 aliphatic heterocycles. The number of nitrogens with one attached hydrogen (secondary N) is 1. The Morgan fingerprint density at radius 2 is 1.77 bits per heavy atom. The number of benzene rings is 2. The summed E-state index contributed by atoms with van der Waals surface area (Å²) in [6, 6.07) is 16.7. The summed E-state index contributed by atoms with van der Waals surface area (Å²) in [6.07, 6.45) is 1.70. The van der Waals surface area contributed by atoms with Crippen LogP contribution in [0.25, 0.3) is 10.9 Å². The molecule has 4 aromatic rings. The van der Waals surface area contributed by atoms with Crippen LogP contribution in [0.2, 0.25) is 0 Å². The second-order valence-corrected chi connectivity index (χ2v) is 10.4. The van der Waals surface area contributed by atoms with Gasteiger partial charge in [0.05, 0.1) is 11.6 Å². The molecule has 0 unspecified atom stereocenters. The second-order valence-electron chi connectivity index (χ2n) is 10.4. The van der Waals surface area contributed by atoms with Crippen LogP contribution in [0.15, 0.2) is 53.3 Å². The van der Waals surface area contributed by atoms with E-state index in [0.29, 0.717) is 6.54 Å². The molecule has 0 radical (unpaired) electrons. The van der Waals surface area contributed by atoms with Crippen molar-refractivity contribution in [1.82, 2.24) is 30.1 Å². The van der Waals surface area contributed by atoms with Crippen molar-refractivity contribution in [2.75, 3.05) is 6.54 Å². The van der Waals surface area contributed by atoms with Gasteiger partial charge in [0.15, 0.2) is 5.82 Å². The fourth-order valence-corrected chi connectivity index (χ4v) is 4.60. The number of pyridine rings is 1. The van der Waals surface area contributed by atoms with Gasteiger partial charge >= 0.3 is 0 Å². The van der Waals surface area contributed by atoms with Crippen LogP contribution in [0, 0.1) is 13.8 Å². The van der Waals surface area contributed by atoms with E-state index in [2.05, 4.69) is 103 Å². The molecule has 2 aromatic carbocycles. The normalized spacial score (nSPS) is 13.0. The molecule has 0 bridgehead atoms. The lowest BCUT2D eigenvalue weighted by molar-refractivity contribution is 0.163. The lowest BCUT2D eigenvalue weighted by Crippen LogP contribution is -2.36. The molecular weight excluding hydrogens is 436 g/mol. The maximum atomic E-state index is 13.1. The molecule has 0 spiro atoms. The summed E-state index contributed by atoms with van der Waals surface area (Å²) in [4.78, 5) is 18.6. The van der Waals surface area contributed by atoms with E-state index in [9.17, 15) is 4.79 Å². The zero-order chi connectivity index (χ0) is 25.2. The minimum absolute atomic E-state index is 0.0252. The van der Waals surface area contributed by atoms with Gasteiger partial charge in [-0.25, -0.2) is 4.68 Å². The SMILES string of the molecule is CC[C@H](c1nnnn1C(C)(C)C)N(CCc1ccccc1)Cc1cc2cc(C)c(C)cc2[nH]c1=O. The third-order valence-electron chi connectivity index (χ3n) is 6.69. The van der Waals surface area contributed by atoms with Gasteiger partial charge in [-0.1, -0.05) is 37.3 Å². The van der Waals surface area contributed by atoms with E-state index in [1.807, 2.05) is 16.8 Å². The Bertz CT molecular complexity index is 1350. The molecule has 0 aliphatic rings. The number of fused-ring (bicyclic) bond motifs is 1. The average Bonchev–Trinajstić information content (AvgIpc) is 3.30. The third-order valence-corrected chi connectivity index (χ3v) is 6.69. The predicted molar refractivity (Wildman–Crippen MR) is 140 cm³/mol. The van der Waals surface area contributed by atoms with E-state index in [0.717, 1.165) is 41.7 Å². The molecule has 0 fully saturated rings. The maximum Gasteiger partial charge on any atom is 0.252 e. The van der Waals surface area contributed by atoms with E-state index < -0.39 is 0 Å². The minimum atomic E-state index is -0.243. The molecule has 4 rings (SSSR count). The lowest BCUT2D eigenvalue weighted by Gasteiger charge is -2.32. The van der Waals surface area contributed by atoms with Crippen LogP contribution in [0.3, 0.4) is 0 Å². The standard InChI is InChI=1S/C28H36N6O/c1-7-25(26-30-31-32-34(26)28(4,5)6)33(14-13-21-11-9-8-10-12-21)18-23-17-22-15-19(2)20(3)16-24(22)29-27(23)35/h8-12,15-17,25H,7,13-14,18H2,1-6H3,(H,29,35)/t25-/m1/s1. The third kappa shape index (κ3) is 5.51. The van der Waals surface area contributed by atoms with Gasteiger partial charge in [0.2, 0.25) is 0 Å². The van der Waals surface area contributed by atoms with E-state index >= 15 is 0 Å². The highest BCUT2D eigenvalue weighted by atomic mass is 16.1. The Morgan fingerprint density at radius 3 is 2.46 bits per heavy atom. The molecule has 184 valence electrons. The highest BCUT2D eigenvalue weighted by molar-refractivity contribution is 5.80. The predicted octanol–water partition coefficient (Wildman–Crippen LogP) is 5.08. The summed E-state index contributed by atoms with van der Waals surface area (Å²) in [5, 5.41) is 13.8. The first-order valence-corrected chi connectivity index (χ1v) is 12.4. The van der Waals surface area contributed by atoms with Crippen LogP contribution in [0.4, 0.5) is 0 Å². The molecule has 2 aromatic heterocycles. The van der Waals surface area contributed by atoms with Gasteiger partial charge in [-0.2, -0.15) is 0 Å². The first-order chi connectivity index (χ1) is 16.7. The van der Waals surface area contributed by atoms with Gasteiger partial charge in [-0.3, -0.25) is 9.69 Å². The molecule has 2 heterocycles. The number of nitrogens with zero attached hydrogens (tertiary/aromatic N) is 5. The van der Waals surface area contributed by atoms with Crippen molar-refractivity contribution in [2.24, 2.45) is 0 Å². The Labute approximate surface area is 207 Å². The first-order valence-electron chi connectivity index (χ1n) is 12.4. The van der Waals surface area contributed by atoms with Crippen LogP contribution in [0.1, 0.15) is 68.2 Å². The monoisotopic (exact) mass is 472 g/mol. The molecule has 0 saturated heterocycles. The summed E-state index contributed by atoms with van der Waals surface area (Å²) >= 11 is 0. The van der Waals surface area contributed by atoms with Crippen LogP contribution in [-0.4, -0.2) is 36.6 Å². The largest absolute Gasteiger partial charge is 0.322 e. The zero-order valence-electron chi connectivity index (χ0n) is 21.7. The van der Waals surface area contributed by atoms with Gasteiger partial charge in [0, 0.05) is 24.2 Å². The van der Waals surface area contributed by atoms with Crippen molar-refractivity contribution < 1.29 is 0 Å². The Hall–Kier alpha value is -3.32. The van der Waals surface area contributed by atoms with Crippen molar-refractivity contribution in [1.29, 1.82) is 0 Å². The molecule has 1 N–H and O–H groups in total. The van der Waals surface area contributed by atoms with Crippen molar-refractivity contribution in [3.05, 3.63) is 87.0 Å². The quantitative estimate of drug-likeness (QED) is 0.387. The van der Waals surface area contributed by atoms with Crippen LogP contribution < -0.4 is 5.56 Å². The fraction of sp³-hybridized carbons (Fsp3) is 0.429. The number of hydrogen-bond donors (Lipinski definition) is 1. The summed E-state index contributed by atoms with van der Waals surface area (Å²) in [5.74, 6) is 0.830. The highest BCUT2D eigenvalue weighted by Gasteiger charge is 2.29. The number of rotatable bonds is 8. The maximum absolute atomic E-state index is 13.1. The van der Waals surface area contributed by atoms with Crippen LogP contribution in [-0.2, 0) is 18.5 Å². The molecular formula is C28H36N6O. The number of aromatic amines is 1. The fourth-order valence-electron chi connectivity index (χ4n) is 4.60. The average molecular weight is 473 g/mol. The summed E-state index contributed by atoms with van der Waals surface area (Å²) in [5.41, 5.74) is 4.99. The van der Waals surface area contributed by atoms with Gasteiger partial charge in [-0.15, -0.1) is 5.10 Å². The number of aromatic nitrogens is 5. The molecule has 1 atom stereocenters. The topological polar surface area (TPSA) is 79.7 Å². The Kier molecular flexibility index (Phi) is 7.17. The minimum Gasteiger partial charge on any atom is -0.322 e. The number of H-pyrrole nitrogens is 1. The van der Waals surface area contributed by atoms with Crippen LogP contribution >= 0.6 is 0 Å². The summed E-state index contributed by atoms with van der Waals surface area (Å²) in [6.45, 7) is 13.9. The molecule has 35 heavy (non-hydrogen) atoms. The van der Waals surface area contributed by atoms with E-state index in [1.165, 1.54) is 16.7 Å². The lowest BCUT2D eigenvalue weighted by atomic mass is 10.0. The Morgan fingerprint density at radius 1 is 1.06 bits per heavy atom. The van der Waals surface area contributed by atoms with E-state index in [1.54, 1.807) is 0 Å². The number of hydrogen-bond acceptors (Lipinski definition) is 5. The van der Waals surface area contributed by atoms with Gasteiger partial charge in [0.1, 0.15) is 0 Å². The van der Waals surface area contributed by atoms with Gasteiger partial charge in [0.25, 0.3) is 5.56 Å². The van der Waals surface area contributed by atoms with Crippen molar-refractivity contribution in [3.63, 3.8) is 0 Å². The second kappa shape index (κ2) is 10.1. The summed E-state index contributed by atoms with van der Waals surface area (Å²) in [7, 11) is 0. The highest BCUT2D eigenvalue weighted by Crippen LogP contribution is 2.28. The van der Waals surface area contributed by atoms with Gasteiger partial charge in [-0.05, 0) is 98.2 Å². The smallest absolute Gasteiger partial charge is 0.252 e. The van der Waals surface area contributed by atoms with Crippen LogP contribution in [0.5, 0.6) is 0 Å². The molecule has 7 nitrogen and oxygen atoms in total. The molecule has 0 saturated carbocycles. The van der Waals surface area contributed by atoms with Gasteiger partial charge < -0.3 is 4.98 Å². The van der Waals surface area contributed by atoms with Crippen molar-refractivity contribution >= 4 is 10.9 Å². The van der Waals surface area contributed by atoms with Crippen molar-refractivity contribution in [3.8, 4) is 0 Å². The first kappa shape index (κ1) is 24.8. The van der Waals surface area contributed by atoms with Crippen molar-refractivity contribution in [2.45, 2.75) is 72.5 Å². The van der Waals surface area contributed by atoms with E-state index in [4.69, 9.17) is 0 Å². The number of aryl methyl sites for hydroxylation is 2. The molecule has 7 heteroatoms. The molecule has 0 amide bonds. The number of tetrazole rings is 1. The van der Waals surface area contributed by atoms with E-state index in [-0.39, 0.29) is 17.1 Å². The Balaban J connectivity index is 1.73. The molecule has 0 aliphatic carbocycles.